The second-order valence-electron chi connectivity index (χ2n) is 6.26. The van der Waals surface area contributed by atoms with Crippen LogP contribution in [0.5, 0.6) is 0 Å². The Balaban J connectivity index is 2.38. The number of amides is 1. The van der Waals surface area contributed by atoms with Gasteiger partial charge in [0.05, 0.1) is 0 Å². The van der Waals surface area contributed by atoms with Crippen LogP contribution in [0, 0.1) is 0 Å². The highest BCUT2D eigenvalue weighted by Gasteiger charge is 2.20. The molecule has 4 heteroatoms. The molecular weight excluding hydrogens is 278 g/mol. The van der Waals surface area contributed by atoms with Crippen LogP contribution < -0.4 is 5.73 Å². The zero-order valence-electron chi connectivity index (χ0n) is 13.9. The molecule has 2 N–H and O–H groups in total. The van der Waals surface area contributed by atoms with E-state index in [9.17, 15) is 9.59 Å². The molecule has 1 saturated carbocycles. The summed E-state index contributed by atoms with van der Waals surface area (Å²) >= 11 is 0. The Morgan fingerprint density at radius 1 is 1.05 bits per heavy atom. The maximum Gasteiger partial charge on any atom is 0.334 e. The summed E-state index contributed by atoms with van der Waals surface area (Å²) in [6.45, 7) is 2.19. The Bertz CT molecular complexity index is 371. The van der Waals surface area contributed by atoms with Crippen LogP contribution in [-0.4, -0.2) is 18.0 Å². The lowest BCUT2D eigenvalue weighted by Crippen LogP contribution is -2.23. The smallest absolute Gasteiger partial charge is 0.334 e. The number of nitrogens with two attached hydrogens (primary N) is 1. The topological polar surface area (TPSA) is 69.4 Å². The number of carbonyl (C=O) groups is 2. The molecule has 0 aromatic carbocycles. The van der Waals surface area contributed by atoms with E-state index in [-0.39, 0.29) is 12.1 Å². The number of unbranched alkanes of at least 4 members (excludes halogenated alkanes) is 5. The maximum absolute atomic E-state index is 12.2. The number of primary amides is 1. The molecule has 0 spiro atoms. The van der Waals surface area contributed by atoms with Crippen LogP contribution in [0.1, 0.15) is 84.0 Å². The van der Waals surface area contributed by atoms with E-state index in [1.54, 1.807) is 0 Å². The van der Waals surface area contributed by atoms with E-state index in [4.69, 9.17) is 10.5 Å². The summed E-state index contributed by atoms with van der Waals surface area (Å²) in [5.74, 6) is -0.916. The van der Waals surface area contributed by atoms with Gasteiger partial charge in [-0.25, -0.2) is 4.79 Å². The molecule has 4 nitrogen and oxygen atoms in total. The molecule has 0 aliphatic heterocycles. The zero-order valence-corrected chi connectivity index (χ0v) is 13.9. The first-order valence-corrected chi connectivity index (χ1v) is 8.84. The highest BCUT2D eigenvalue weighted by molar-refractivity contribution is 5.97. The van der Waals surface area contributed by atoms with Crippen LogP contribution in [0.25, 0.3) is 0 Å². The van der Waals surface area contributed by atoms with Crippen molar-refractivity contribution in [2.75, 3.05) is 0 Å². The van der Waals surface area contributed by atoms with Gasteiger partial charge in [-0.3, -0.25) is 4.79 Å². The van der Waals surface area contributed by atoms with Crippen molar-refractivity contribution in [3.63, 3.8) is 0 Å². The predicted octanol–water partition coefficient (Wildman–Crippen LogP) is 4.02. The van der Waals surface area contributed by atoms with Crippen molar-refractivity contribution < 1.29 is 14.3 Å². The van der Waals surface area contributed by atoms with Gasteiger partial charge in [-0.2, -0.15) is 0 Å². The molecule has 1 rings (SSSR count). The molecule has 126 valence electrons. The van der Waals surface area contributed by atoms with Gasteiger partial charge in [0.15, 0.2) is 0 Å². The summed E-state index contributed by atoms with van der Waals surface area (Å²) in [6.07, 6.45) is 14.0. The average molecular weight is 309 g/mol. The fraction of sp³-hybridized carbons (Fsp3) is 0.778. The summed E-state index contributed by atoms with van der Waals surface area (Å²) in [5.41, 5.74) is 5.65. The van der Waals surface area contributed by atoms with Gasteiger partial charge in [0, 0.05) is 11.6 Å². The molecule has 0 saturated heterocycles. The Hall–Kier alpha value is -1.32. The summed E-state index contributed by atoms with van der Waals surface area (Å²) in [5, 5.41) is 0. The molecule has 0 bridgehead atoms. The third-order valence-corrected chi connectivity index (χ3v) is 4.20. The van der Waals surface area contributed by atoms with Crippen molar-refractivity contribution in [1.29, 1.82) is 0 Å². The first kappa shape index (κ1) is 18.7. The average Bonchev–Trinajstić information content (AvgIpc) is 2.50. The molecule has 1 aliphatic carbocycles. The normalized spacial score (nSPS) is 16.5. The van der Waals surface area contributed by atoms with E-state index in [0.29, 0.717) is 12.0 Å². The van der Waals surface area contributed by atoms with Crippen molar-refractivity contribution in [1.82, 2.24) is 0 Å². The van der Waals surface area contributed by atoms with Crippen molar-refractivity contribution in [2.45, 2.75) is 90.1 Å². The van der Waals surface area contributed by atoms with E-state index in [1.807, 2.05) is 0 Å². The molecular formula is C18H31NO3. The van der Waals surface area contributed by atoms with Crippen molar-refractivity contribution in [2.24, 2.45) is 5.73 Å². The minimum absolute atomic E-state index is 0.0158. The first-order chi connectivity index (χ1) is 10.6. The number of esters is 1. The summed E-state index contributed by atoms with van der Waals surface area (Å²) < 4.78 is 5.53. The molecule has 0 aromatic heterocycles. The number of carbonyl (C=O) groups excluding carboxylic acids is 2. The molecule has 1 amide bonds. The number of hydrogen-bond donors (Lipinski definition) is 1. The molecule has 1 aliphatic rings. The van der Waals surface area contributed by atoms with Crippen LogP contribution in [-0.2, 0) is 14.3 Å². The van der Waals surface area contributed by atoms with Gasteiger partial charge < -0.3 is 10.5 Å². The zero-order chi connectivity index (χ0) is 16.2. The largest absolute Gasteiger partial charge is 0.459 e. The van der Waals surface area contributed by atoms with E-state index in [2.05, 4.69) is 6.92 Å². The highest BCUT2D eigenvalue weighted by Crippen LogP contribution is 2.22. The van der Waals surface area contributed by atoms with Gasteiger partial charge in [-0.05, 0) is 38.5 Å². The monoisotopic (exact) mass is 309 g/mol. The van der Waals surface area contributed by atoms with Crippen molar-refractivity contribution >= 4 is 11.9 Å². The lowest BCUT2D eigenvalue weighted by Gasteiger charge is -2.22. The molecule has 0 aromatic rings. The third kappa shape index (κ3) is 8.20. The summed E-state index contributed by atoms with van der Waals surface area (Å²) in [7, 11) is 0. The van der Waals surface area contributed by atoms with Gasteiger partial charge in [-0.15, -0.1) is 0 Å². The fourth-order valence-electron chi connectivity index (χ4n) is 2.91. The van der Waals surface area contributed by atoms with E-state index in [1.165, 1.54) is 38.2 Å². The lowest BCUT2D eigenvalue weighted by molar-refractivity contribution is -0.146. The number of hydrogen-bond acceptors (Lipinski definition) is 3. The van der Waals surface area contributed by atoms with Crippen LogP contribution in [0.3, 0.4) is 0 Å². The minimum atomic E-state index is -0.568. The van der Waals surface area contributed by atoms with Gasteiger partial charge in [0.25, 0.3) is 0 Å². The van der Waals surface area contributed by atoms with Crippen LogP contribution in [0.4, 0.5) is 0 Å². The Morgan fingerprint density at radius 2 is 1.68 bits per heavy atom. The van der Waals surface area contributed by atoms with Crippen LogP contribution >= 0.6 is 0 Å². The van der Waals surface area contributed by atoms with Crippen LogP contribution in [0.15, 0.2) is 11.6 Å². The van der Waals surface area contributed by atoms with Gasteiger partial charge in [-0.1, -0.05) is 45.4 Å². The van der Waals surface area contributed by atoms with Crippen LogP contribution in [0.2, 0.25) is 0 Å². The molecule has 0 radical (unpaired) electrons. The standard InChI is InChI=1S/C18H31NO3/c1-2-3-4-5-6-8-11-15(14-17(19)20)18(21)22-16-12-9-7-10-13-16/h14,16H,2-13H2,1H3,(H2,19,20). The highest BCUT2D eigenvalue weighted by atomic mass is 16.5. The second-order valence-corrected chi connectivity index (χ2v) is 6.26. The third-order valence-electron chi connectivity index (χ3n) is 4.20. The van der Waals surface area contributed by atoms with Crippen molar-refractivity contribution in [3.05, 3.63) is 11.6 Å². The summed E-state index contributed by atoms with van der Waals surface area (Å²) in [4.78, 5) is 23.3. The van der Waals surface area contributed by atoms with E-state index >= 15 is 0 Å². The van der Waals surface area contributed by atoms with Gasteiger partial charge in [0.2, 0.25) is 5.91 Å². The molecule has 22 heavy (non-hydrogen) atoms. The van der Waals surface area contributed by atoms with E-state index < -0.39 is 5.91 Å². The van der Waals surface area contributed by atoms with E-state index in [0.717, 1.165) is 38.5 Å². The molecule has 1 fully saturated rings. The molecule has 0 atom stereocenters. The first-order valence-electron chi connectivity index (χ1n) is 8.84. The maximum atomic E-state index is 12.2. The van der Waals surface area contributed by atoms with Crippen molar-refractivity contribution in [3.8, 4) is 0 Å². The lowest BCUT2D eigenvalue weighted by atomic mass is 9.97. The molecule has 0 unspecified atom stereocenters. The molecule has 0 heterocycles. The Labute approximate surface area is 134 Å². The van der Waals surface area contributed by atoms with Gasteiger partial charge in [0.1, 0.15) is 6.10 Å². The SMILES string of the molecule is CCCCCCCCC(=CC(N)=O)C(=O)OC1CCCCC1. The number of rotatable bonds is 10. The number of ether oxygens (including phenoxy) is 1. The summed E-state index contributed by atoms with van der Waals surface area (Å²) in [6, 6.07) is 0. The Morgan fingerprint density at radius 3 is 2.32 bits per heavy atom. The Kier molecular flexibility index (Phi) is 9.60. The minimum Gasteiger partial charge on any atom is -0.459 e. The fourth-order valence-corrected chi connectivity index (χ4v) is 2.91. The quantitative estimate of drug-likeness (QED) is 0.376. The predicted molar refractivity (Wildman–Crippen MR) is 88.2 cm³/mol. The second kappa shape index (κ2) is 11.3. The van der Waals surface area contributed by atoms with Gasteiger partial charge >= 0.3 is 5.97 Å².